The standard InChI is InChI=1S/C10H6F6N2O2/c1-19-7-4-5(9(11,12)13)8(20-10(14,15)16)6(18-7)2-3-17/h4H,2H2,1H3. The summed E-state index contributed by atoms with van der Waals surface area (Å²) in [5, 5.41) is 8.45. The van der Waals surface area contributed by atoms with Crippen LogP contribution in [0.5, 0.6) is 11.6 Å². The first kappa shape index (κ1) is 15.9. The van der Waals surface area contributed by atoms with Gasteiger partial charge in [-0.3, -0.25) is 0 Å². The lowest BCUT2D eigenvalue weighted by molar-refractivity contribution is -0.276. The van der Waals surface area contributed by atoms with Gasteiger partial charge in [0.2, 0.25) is 5.88 Å². The fourth-order valence-corrected chi connectivity index (χ4v) is 1.30. The Morgan fingerprint density at radius 1 is 1.25 bits per heavy atom. The zero-order valence-corrected chi connectivity index (χ0v) is 9.76. The van der Waals surface area contributed by atoms with Gasteiger partial charge in [0.05, 0.1) is 19.6 Å². The highest BCUT2D eigenvalue weighted by atomic mass is 19.4. The molecule has 1 rings (SSSR count). The van der Waals surface area contributed by atoms with Crippen molar-refractivity contribution >= 4 is 0 Å². The van der Waals surface area contributed by atoms with Gasteiger partial charge in [0.1, 0.15) is 11.3 Å². The van der Waals surface area contributed by atoms with Crippen molar-refractivity contribution in [3.05, 3.63) is 17.3 Å². The summed E-state index contributed by atoms with van der Waals surface area (Å²) in [6.45, 7) is 0. The fourth-order valence-electron chi connectivity index (χ4n) is 1.30. The normalized spacial score (nSPS) is 11.9. The van der Waals surface area contributed by atoms with Crippen molar-refractivity contribution in [1.82, 2.24) is 4.98 Å². The minimum absolute atomic E-state index is 0.266. The van der Waals surface area contributed by atoms with Gasteiger partial charge < -0.3 is 9.47 Å². The number of nitriles is 1. The van der Waals surface area contributed by atoms with Crippen LogP contribution in [-0.2, 0) is 12.6 Å². The number of aromatic nitrogens is 1. The van der Waals surface area contributed by atoms with E-state index in [-0.39, 0.29) is 6.07 Å². The van der Waals surface area contributed by atoms with Crippen LogP contribution in [0.1, 0.15) is 11.3 Å². The number of alkyl halides is 6. The summed E-state index contributed by atoms with van der Waals surface area (Å²) in [5.41, 5.74) is -2.52. The fraction of sp³-hybridized carbons (Fsp3) is 0.400. The number of pyridine rings is 1. The molecule has 1 aromatic rings. The SMILES string of the molecule is COc1cc(C(F)(F)F)c(OC(F)(F)F)c(CC#N)n1. The third-order valence-electron chi connectivity index (χ3n) is 2.00. The van der Waals surface area contributed by atoms with E-state index >= 15 is 0 Å². The zero-order chi connectivity index (χ0) is 15.6. The van der Waals surface area contributed by atoms with Gasteiger partial charge >= 0.3 is 12.5 Å². The first-order chi connectivity index (χ1) is 9.08. The number of rotatable bonds is 3. The van der Waals surface area contributed by atoms with E-state index in [9.17, 15) is 26.3 Å². The molecule has 4 nitrogen and oxygen atoms in total. The quantitative estimate of drug-likeness (QED) is 0.805. The summed E-state index contributed by atoms with van der Waals surface area (Å²) in [5.74, 6) is -2.12. The number of hydrogen-bond acceptors (Lipinski definition) is 4. The molecule has 0 atom stereocenters. The van der Waals surface area contributed by atoms with Crippen LogP contribution in [0.4, 0.5) is 26.3 Å². The Morgan fingerprint density at radius 2 is 1.85 bits per heavy atom. The Balaban J connectivity index is 3.52. The summed E-state index contributed by atoms with van der Waals surface area (Å²) >= 11 is 0. The third-order valence-corrected chi connectivity index (χ3v) is 2.00. The van der Waals surface area contributed by atoms with Crippen molar-refractivity contribution in [3.8, 4) is 17.7 Å². The Kier molecular flexibility index (Phi) is 4.32. The highest BCUT2D eigenvalue weighted by Gasteiger charge is 2.41. The molecule has 1 heterocycles. The van der Waals surface area contributed by atoms with E-state index < -0.39 is 41.8 Å². The molecule has 0 aliphatic carbocycles. The number of ether oxygens (including phenoxy) is 2. The summed E-state index contributed by atoms with van der Waals surface area (Å²) in [4.78, 5) is 3.37. The molecule has 20 heavy (non-hydrogen) atoms. The lowest BCUT2D eigenvalue weighted by atomic mass is 10.1. The molecule has 0 unspecified atom stereocenters. The van der Waals surface area contributed by atoms with E-state index in [0.717, 1.165) is 7.11 Å². The summed E-state index contributed by atoms with van der Waals surface area (Å²) in [7, 11) is 0.989. The third kappa shape index (κ3) is 3.91. The Morgan fingerprint density at radius 3 is 2.25 bits per heavy atom. The second-order valence-electron chi connectivity index (χ2n) is 3.37. The molecule has 0 radical (unpaired) electrons. The van der Waals surface area contributed by atoms with Crippen LogP contribution < -0.4 is 9.47 Å². The average Bonchev–Trinajstić information content (AvgIpc) is 2.28. The maximum Gasteiger partial charge on any atom is 0.573 e. The molecule has 0 bridgehead atoms. The van der Waals surface area contributed by atoms with E-state index in [2.05, 4.69) is 14.5 Å². The number of methoxy groups -OCH3 is 1. The van der Waals surface area contributed by atoms with Crippen molar-refractivity contribution in [1.29, 1.82) is 5.26 Å². The predicted molar refractivity (Wildman–Crippen MR) is 51.8 cm³/mol. The highest BCUT2D eigenvalue weighted by molar-refractivity contribution is 5.44. The molecular formula is C10H6F6N2O2. The molecular weight excluding hydrogens is 294 g/mol. The van der Waals surface area contributed by atoms with Crippen molar-refractivity contribution in [3.63, 3.8) is 0 Å². The van der Waals surface area contributed by atoms with Gasteiger partial charge in [0.15, 0.2) is 5.75 Å². The van der Waals surface area contributed by atoms with Gasteiger partial charge in [-0.15, -0.1) is 13.2 Å². The lowest BCUT2D eigenvalue weighted by Gasteiger charge is -2.18. The van der Waals surface area contributed by atoms with Crippen LogP contribution in [0.25, 0.3) is 0 Å². The predicted octanol–water partition coefficient (Wildman–Crippen LogP) is 3.07. The maximum atomic E-state index is 12.7. The van der Waals surface area contributed by atoms with Crippen LogP contribution in [-0.4, -0.2) is 18.5 Å². The number of nitrogens with zero attached hydrogens (tertiary/aromatic N) is 2. The van der Waals surface area contributed by atoms with E-state index in [1.54, 1.807) is 0 Å². The average molecular weight is 300 g/mol. The van der Waals surface area contributed by atoms with Gasteiger partial charge in [0, 0.05) is 6.07 Å². The molecule has 0 aromatic carbocycles. The molecule has 0 amide bonds. The topological polar surface area (TPSA) is 55.1 Å². The number of hydrogen-bond donors (Lipinski definition) is 0. The lowest BCUT2D eigenvalue weighted by Crippen LogP contribution is -2.22. The molecule has 10 heteroatoms. The molecule has 0 spiro atoms. The zero-order valence-electron chi connectivity index (χ0n) is 9.76. The number of halogens is 6. The molecule has 0 aliphatic heterocycles. The van der Waals surface area contributed by atoms with Gasteiger partial charge in [-0.05, 0) is 0 Å². The second-order valence-corrected chi connectivity index (χ2v) is 3.37. The highest BCUT2D eigenvalue weighted by Crippen LogP contribution is 2.41. The molecule has 1 aromatic heterocycles. The monoisotopic (exact) mass is 300 g/mol. The molecule has 110 valence electrons. The molecule has 0 saturated carbocycles. The molecule has 0 fully saturated rings. The van der Waals surface area contributed by atoms with Gasteiger partial charge in [-0.25, -0.2) is 4.98 Å². The van der Waals surface area contributed by atoms with E-state index in [0.29, 0.717) is 0 Å². The van der Waals surface area contributed by atoms with Crippen molar-refractivity contribution < 1.29 is 35.8 Å². The minimum Gasteiger partial charge on any atom is -0.481 e. The van der Waals surface area contributed by atoms with Gasteiger partial charge in [-0.1, -0.05) is 0 Å². The van der Waals surface area contributed by atoms with E-state index in [1.165, 1.54) is 6.07 Å². The van der Waals surface area contributed by atoms with Gasteiger partial charge in [-0.2, -0.15) is 18.4 Å². The minimum atomic E-state index is -5.35. The van der Waals surface area contributed by atoms with Crippen LogP contribution >= 0.6 is 0 Å². The van der Waals surface area contributed by atoms with E-state index in [1.807, 2.05) is 0 Å². The van der Waals surface area contributed by atoms with Crippen LogP contribution in [0.15, 0.2) is 6.07 Å². The summed E-state index contributed by atoms with van der Waals surface area (Å²) in [6, 6.07) is 1.67. The Bertz CT molecular complexity index is 532. The first-order valence-corrected chi connectivity index (χ1v) is 4.86. The summed E-state index contributed by atoms with van der Waals surface area (Å²) in [6.07, 6.45) is -11.3. The molecule has 0 aliphatic rings. The van der Waals surface area contributed by atoms with Crippen molar-refractivity contribution in [2.45, 2.75) is 19.0 Å². The van der Waals surface area contributed by atoms with E-state index in [4.69, 9.17) is 5.26 Å². The summed E-state index contributed by atoms with van der Waals surface area (Å²) < 4.78 is 82.6. The smallest absolute Gasteiger partial charge is 0.481 e. The molecule has 0 N–H and O–H groups in total. The van der Waals surface area contributed by atoms with Crippen molar-refractivity contribution in [2.24, 2.45) is 0 Å². The maximum absolute atomic E-state index is 12.7. The van der Waals surface area contributed by atoms with Crippen LogP contribution in [0, 0.1) is 11.3 Å². The van der Waals surface area contributed by atoms with Gasteiger partial charge in [0.25, 0.3) is 0 Å². The largest absolute Gasteiger partial charge is 0.573 e. The van der Waals surface area contributed by atoms with Crippen molar-refractivity contribution in [2.75, 3.05) is 7.11 Å². The van der Waals surface area contributed by atoms with Crippen LogP contribution in [0.2, 0.25) is 0 Å². The Labute approximate surface area is 108 Å². The second kappa shape index (κ2) is 5.44. The Hall–Kier alpha value is -2.18. The van der Waals surface area contributed by atoms with Crippen LogP contribution in [0.3, 0.4) is 0 Å². The molecule has 0 saturated heterocycles. The first-order valence-electron chi connectivity index (χ1n) is 4.86.